The van der Waals surface area contributed by atoms with Gasteiger partial charge in [-0.15, -0.1) is 0 Å². The largest absolute Gasteiger partial charge is 0.351 e. The highest BCUT2D eigenvalue weighted by Gasteiger charge is 2.11. The second kappa shape index (κ2) is 9.62. The van der Waals surface area contributed by atoms with Crippen molar-refractivity contribution in [3.8, 4) is 5.69 Å². The quantitative estimate of drug-likeness (QED) is 0.401. The van der Waals surface area contributed by atoms with E-state index in [2.05, 4.69) is 20.6 Å². The van der Waals surface area contributed by atoms with Crippen LogP contribution in [0.2, 0.25) is 0 Å². The summed E-state index contributed by atoms with van der Waals surface area (Å²) in [7, 11) is 0.639. The van der Waals surface area contributed by atoms with Crippen LogP contribution in [0.5, 0.6) is 0 Å². The van der Waals surface area contributed by atoms with Gasteiger partial charge in [0.05, 0.1) is 4.90 Å². The summed E-state index contributed by atoms with van der Waals surface area (Å²) in [5.41, 5.74) is 2.68. The van der Waals surface area contributed by atoms with E-state index in [9.17, 15) is 13.2 Å². The minimum absolute atomic E-state index is 0.145. The lowest BCUT2D eigenvalue weighted by atomic mass is 10.2. The van der Waals surface area contributed by atoms with Crippen molar-refractivity contribution in [1.82, 2.24) is 24.8 Å². The van der Waals surface area contributed by atoms with Gasteiger partial charge in [-0.25, -0.2) is 13.4 Å². The molecule has 0 spiro atoms. The molecular weight excluding hydrogens is 452 g/mol. The molecule has 176 valence electrons. The molecule has 2 N–H and O–H groups in total. The number of anilines is 2. The summed E-state index contributed by atoms with van der Waals surface area (Å²) in [6.07, 6.45) is 4.75. The molecular formula is C24H26N6O3S. The first-order chi connectivity index (χ1) is 16.2. The van der Waals surface area contributed by atoms with Crippen LogP contribution in [0.15, 0.2) is 71.9 Å². The number of benzene rings is 2. The molecule has 0 aliphatic rings. The average Bonchev–Trinajstić information content (AvgIpc) is 3.22. The molecule has 34 heavy (non-hydrogen) atoms. The summed E-state index contributed by atoms with van der Waals surface area (Å²) in [4.78, 5) is 23.7. The highest BCUT2D eigenvalue weighted by atomic mass is 32.2. The number of aromatic nitrogens is 3. The highest BCUT2D eigenvalue weighted by Crippen LogP contribution is 2.22. The van der Waals surface area contributed by atoms with Gasteiger partial charge in [-0.2, -0.15) is 4.98 Å². The van der Waals surface area contributed by atoms with Gasteiger partial charge in [0.1, 0.15) is 5.65 Å². The van der Waals surface area contributed by atoms with E-state index in [1.165, 1.54) is 6.26 Å². The second-order valence-electron chi connectivity index (χ2n) is 8.19. The average molecular weight is 479 g/mol. The molecule has 0 aliphatic carbocycles. The molecule has 0 unspecified atom stereocenters. The Morgan fingerprint density at radius 1 is 1.09 bits per heavy atom. The summed E-state index contributed by atoms with van der Waals surface area (Å²) in [5.74, 6) is 0.235. The molecule has 0 saturated carbocycles. The topological polar surface area (TPSA) is 109 Å². The second-order valence-corrected chi connectivity index (χ2v) is 10.2. The van der Waals surface area contributed by atoms with Crippen LogP contribution in [0, 0.1) is 0 Å². The third-order valence-corrected chi connectivity index (χ3v) is 6.32. The zero-order valence-corrected chi connectivity index (χ0v) is 20.0. The SMILES string of the molecule is CN(C)CCNC(=O)c1cccc(Nc2ncc3ccn(-c4ccc(S(C)(=O)=O)cc4)c3n2)c1. The maximum Gasteiger partial charge on any atom is 0.251 e. The van der Waals surface area contributed by atoms with Gasteiger partial charge < -0.3 is 20.1 Å². The van der Waals surface area contributed by atoms with Crippen LogP contribution >= 0.6 is 0 Å². The van der Waals surface area contributed by atoms with E-state index in [1.54, 1.807) is 48.7 Å². The van der Waals surface area contributed by atoms with Gasteiger partial charge >= 0.3 is 0 Å². The molecule has 4 rings (SSSR count). The van der Waals surface area contributed by atoms with E-state index in [0.29, 0.717) is 29.4 Å². The summed E-state index contributed by atoms with van der Waals surface area (Å²) < 4.78 is 25.4. The van der Waals surface area contributed by atoms with Crippen LogP contribution < -0.4 is 10.6 Å². The number of likely N-dealkylation sites (N-methyl/N-ethyl adjacent to an activating group) is 1. The van der Waals surface area contributed by atoms with Gasteiger partial charge in [0, 0.05) is 54.1 Å². The predicted octanol–water partition coefficient (Wildman–Crippen LogP) is 2.86. The fourth-order valence-corrected chi connectivity index (χ4v) is 4.03. The zero-order chi connectivity index (χ0) is 24.3. The Morgan fingerprint density at radius 3 is 2.56 bits per heavy atom. The standard InChI is InChI=1S/C24H26N6O3S/c1-29(2)14-12-25-23(31)17-5-4-6-19(15-17)27-24-26-16-18-11-13-30(22(18)28-24)20-7-9-21(10-8-20)34(3,32)33/h4-11,13,15-16H,12,14H2,1-3H3,(H,25,31)(H,26,27,28). The number of nitrogens with one attached hydrogen (secondary N) is 2. The summed E-state index contributed by atoms with van der Waals surface area (Å²) >= 11 is 0. The summed E-state index contributed by atoms with van der Waals surface area (Å²) in [5, 5.41) is 6.90. The number of carbonyl (C=O) groups is 1. The first kappa shape index (κ1) is 23.4. The molecule has 0 aliphatic heterocycles. The Bertz CT molecular complexity index is 1430. The molecule has 2 heterocycles. The smallest absolute Gasteiger partial charge is 0.251 e. The predicted molar refractivity (Wildman–Crippen MR) is 133 cm³/mol. The van der Waals surface area contributed by atoms with Crippen molar-refractivity contribution >= 4 is 38.4 Å². The van der Waals surface area contributed by atoms with Crippen LogP contribution in [0.3, 0.4) is 0 Å². The van der Waals surface area contributed by atoms with Gasteiger partial charge in [-0.1, -0.05) is 6.07 Å². The zero-order valence-electron chi connectivity index (χ0n) is 19.2. The molecule has 2 aromatic heterocycles. The van der Waals surface area contributed by atoms with Crippen molar-refractivity contribution < 1.29 is 13.2 Å². The first-order valence-electron chi connectivity index (χ1n) is 10.7. The maximum absolute atomic E-state index is 12.4. The minimum atomic E-state index is -3.27. The van der Waals surface area contributed by atoms with E-state index in [-0.39, 0.29) is 10.8 Å². The van der Waals surface area contributed by atoms with Crippen molar-refractivity contribution in [3.05, 3.63) is 72.6 Å². The molecule has 9 nitrogen and oxygen atoms in total. The van der Waals surface area contributed by atoms with Crippen molar-refractivity contribution in [2.45, 2.75) is 4.90 Å². The number of sulfone groups is 1. The summed E-state index contributed by atoms with van der Waals surface area (Å²) in [6, 6.07) is 15.7. The first-order valence-corrected chi connectivity index (χ1v) is 12.5. The Balaban J connectivity index is 1.55. The van der Waals surface area contributed by atoms with E-state index in [4.69, 9.17) is 0 Å². The fraction of sp³-hybridized carbons (Fsp3) is 0.208. The lowest BCUT2D eigenvalue weighted by Crippen LogP contribution is -2.31. The number of hydrogen-bond acceptors (Lipinski definition) is 7. The number of amides is 1. The normalized spacial score (nSPS) is 11.6. The number of rotatable bonds is 8. The third kappa shape index (κ3) is 5.41. The summed E-state index contributed by atoms with van der Waals surface area (Å²) in [6.45, 7) is 1.32. The Morgan fingerprint density at radius 2 is 1.85 bits per heavy atom. The van der Waals surface area contributed by atoms with E-state index in [1.807, 2.05) is 41.9 Å². The van der Waals surface area contributed by atoms with Gasteiger partial charge in [0.25, 0.3) is 5.91 Å². The van der Waals surface area contributed by atoms with Crippen LogP contribution in [0.4, 0.5) is 11.6 Å². The van der Waals surface area contributed by atoms with Crippen LogP contribution in [-0.4, -0.2) is 67.2 Å². The molecule has 0 fully saturated rings. The van der Waals surface area contributed by atoms with Crippen LogP contribution in [-0.2, 0) is 9.84 Å². The molecule has 10 heteroatoms. The molecule has 4 aromatic rings. The number of carbonyl (C=O) groups excluding carboxylic acids is 1. The van der Waals surface area contributed by atoms with Gasteiger partial charge in [0.2, 0.25) is 5.95 Å². The molecule has 0 saturated heterocycles. The van der Waals surface area contributed by atoms with Crippen molar-refractivity contribution in [1.29, 1.82) is 0 Å². The fourth-order valence-electron chi connectivity index (χ4n) is 3.40. The molecule has 0 radical (unpaired) electrons. The van der Waals surface area contributed by atoms with E-state index >= 15 is 0 Å². The number of fused-ring (bicyclic) bond motifs is 1. The van der Waals surface area contributed by atoms with Crippen molar-refractivity contribution in [2.24, 2.45) is 0 Å². The lowest BCUT2D eigenvalue weighted by Gasteiger charge is -2.11. The van der Waals surface area contributed by atoms with Gasteiger partial charge in [-0.3, -0.25) is 4.79 Å². The Hall–Kier alpha value is -3.76. The van der Waals surface area contributed by atoms with Crippen LogP contribution in [0.1, 0.15) is 10.4 Å². The van der Waals surface area contributed by atoms with Gasteiger partial charge in [-0.05, 0) is 62.6 Å². The minimum Gasteiger partial charge on any atom is -0.351 e. The third-order valence-electron chi connectivity index (χ3n) is 5.20. The Kier molecular flexibility index (Phi) is 6.62. The molecule has 0 atom stereocenters. The van der Waals surface area contributed by atoms with E-state index < -0.39 is 9.84 Å². The highest BCUT2D eigenvalue weighted by molar-refractivity contribution is 7.90. The number of nitrogens with zero attached hydrogens (tertiary/aromatic N) is 4. The lowest BCUT2D eigenvalue weighted by molar-refractivity contribution is 0.0951. The van der Waals surface area contributed by atoms with Crippen molar-refractivity contribution in [3.63, 3.8) is 0 Å². The van der Waals surface area contributed by atoms with Gasteiger partial charge in [0.15, 0.2) is 9.84 Å². The Labute approximate surface area is 198 Å². The molecule has 1 amide bonds. The van der Waals surface area contributed by atoms with E-state index in [0.717, 1.165) is 17.6 Å². The number of hydrogen-bond donors (Lipinski definition) is 2. The molecule has 2 aromatic carbocycles. The van der Waals surface area contributed by atoms with Crippen LogP contribution in [0.25, 0.3) is 16.7 Å². The maximum atomic E-state index is 12.4. The van der Waals surface area contributed by atoms with Crippen molar-refractivity contribution in [2.75, 3.05) is 38.8 Å². The monoisotopic (exact) mass is 478 g/mol. The molecule has 0 bridgehead atoms.